The molecule has 23 heavy (non-hydrogen) atoms. The largest absolute Gasteiger partial charge is 0.481 e. The van der Waals surface area contributed by atoms with Crippen LogP contribution in [0.3, 0.4) is 0 Å². The lowest BCUT2D eigenvalue weighted by atomic mass is 10.1. The standard InChI is InChI=1S/C16H9Br2NO4/c17-11-5-8(7-13(20)21)6-12(18)14(11)19-15(22)9-3-1-2-4-10(9)16(19)23/h1-6H,7H2,(H,20,21). The Morgan fingerprint density at radius 2 is 1.48 bits per heavy atom. The Hall–Kier alpha value is -1.99. The van der Waals surface area contributed by atoms with Crippen LogP contribution in [0.2, 0.25) is 0 Å². The quantitative estimate of drug-likeness (QED) is 0.742. The zero-order chi connectivity index (χ0) is 16.7. The van der Waals surface area contributed by atoms with Crippen LogP contribution >= 0.6 is 31.9 Å². The molecule has 7 heteroatoms. The summed E-state index contributed by atoms with van der Waals surface area (Å²) in [7, 11) is 0. The Morgan fingerprint density at radius 3 is 1.91 bits per heavy atom. The molecule has 0 radical (unpaired) electrons. The second-order valence-electron chi connectivity index (χ2n) is 4.97. The number of hydrogen-bond donors (Lipinski definition) is 1. The molecule has 2 aromatic carbocycles. The predicted octanol–water partition coefficient (Wildman–Crippen LogP) is 3.64. The van der Waals surface area contributed by atoms with Gasteiger partial charge in [0.15, 0.2) is 0 Å². The Morgan fingerprint density at radius 1 is 1.00 bits per heavy atom. The Labute approximate surface area is 148 Å². The first-order chi connectivity index (χ1) is 10.9. The number of anilines is 1. The summed E-state index contributed by atoms with van der Waals surface area (Å²) in [5, 5.41) is 8.88. The number of imide groups is 1. The molecule has 1 N–H and O–H groups in total. The van der Waals surface area contributed by atoms with E-state index in [2.05, 4.69) is 31.9 Å². The molecular formula is C16H9Br2NO4. The van der Waals surface area contributed by atoms with Crippen LogP contribution in [-0.2, 0) is 11.2 Å². The lowest BCUT2D eigenvalue weighted by Gasteiger charge is -2.18. The molecule has 0 spiro atoms. The van der Waals surface area contributed by atoms with Crippen molar-refractivity contribution in [2.24, 2.45) is 0 Å². The van der Waals surface area contributed by atoms with E-state index in [1.165, 1.54) is 0 Å². The molecule has 3 rings (SSSR count). The van der Waals surface area contributed by atoms with Gasteiger partial charge in [-0.1, -0.05) is 12.1 Å². The van der Waals surface area contributed by atoms with Gasteiger partial charge in [-0.05, 0) is 61.7 Å². The van der Waals surface area contributed by atoms with Crippen molar-refractivity contribution in [3.8, 4) is 0 Å². The summed E-state index contributed by atoms with van der Waals surface area (Å²) in [6.07, 6.45) is -0.153. The average Bonchev–Trinajstić information content (AvgIpc) is 2.72. The number of aliphatic carboxylic acids is 1. The maximum Gasteiger partial charge on any atom is 0.307 e. The number of nitrogens with zero attached hydrogens (tertiary/aromatic N) is 1. The van der Waals surface area contributed by atoms with E-state index in [-0.39, 0.29) is 6.42 Å². The number of benzene rings is 2. The summed E-state index contributed by atoms with van der Waals surface area (Å²) < 4.78 is 0.940. The third-order valence-corrected chi connectivity index (χ3v) is 4.66. The lowest BCUT2D eigenvalue weighted by Crippen LogP contribution is -2.30. The summed E-state index contributed by atoms with van der Waals surface area (Å²) >= 11 is 6.66. The summed E-state index contributed by atoms with van der Waals surface area (Å²) in [6, 6.07) is 9.81. The monoisotopic (exact) mass is 437 g/mol. The minimum atomic E-state index is -0.961. The van der Waals surface area contributed by atoms with E-state index in [0.717, 1.165) is 4.90 Å². The molecule has 0 unspecified atom stereocenters. The van der Waals surface area contributed by atoms with Crippen molar-refractivity contribution < 1.29 is 19.5 Å². The van der Waals surface area contributed by atoms with Gasteiger partial charge in [0, 0.05) is 8.95 Å². The molecule has 1 aliphatic rings. The molecular weight excluding hydrogens is 430 g/mol. The number of carbonyl (C=O) groups is 3. The predicted molar refractivity (Wildman–Crippen MR) is 90.8 cm³/mol. The number of rotatable bonds is 3. The van der Waals surface area contributed by atoms with Gasteiger partial charge in [-0.3, -0.25) is 14.4 Å². The molecule has 116 valence electrons. The van der Waals surface area contributed by atoms with E-state index in [4.69, 9.17) is 5.11 Å². The number of fused-ring (bicyclic) bond motifs is 1. The Balaban J connectivity index is 2.09. The van der Waals surface area contributed by atoms with Gasteiger partial charge in [0.05, 0.1) is 23.2 Å². The maximum atomic E-state index is 12.5. The van der Waals surface area contributed by atoms with E-state index in [0.29, 0.717) is 31.3 Å². The molecule has 0 fully saturated rings. The second-order valence-corrected chi connectivity index (χ2v) is 6.68. The van der Waals surface area contributed by atoms with E-state index in [1.54, 1.807) is 36.4 Å². The van der Waals surface area contributed by atoms with Gasteiger partial charge >= 0.3 is 5.97 Å². The van der Waals surface area contributed by atoms with Crippen molar-refractivity contribution in [1.82, 2.24) is 0 Å². The molecule has 1 aliphatic heterocycles. The first kappa shape index (κ1) is 15.9. The molecule has 0 saturated carbocycles. The second kappa shape index (κ2) is 5.90. The minimum Gasteiger partial charge on any atom is -0.481 e. The Bertz CT molecular complexity index is 805. The minimum absolute atomic E-state index is 0.153. The highest BCUT2D eigenvalue weighted by Crippen LogP contribution is 2.39. The van der Waals surface area contributed by atoms with Crippen LogP contribution in [0.15, 0.2) is 45.3 Å². The molecule has 0 atom stereocenters. The fraction of sp³-hybridized carbons (Fsp3) is 0.0625. The third kappa shape index (κ3) is 2.70. The van der Waals surface area contributed by atoms with Crippen molar-refractivity contribution in [2.75, 3.05) is 4.90 Å². The number of hydrogen-bond acceptors (Lipinski definition) is 3. The zero-order valence-corrected chi connectivity index (χ0v) is 14.7. The summed E-state index contributed by atoms with van der Waals surface area (Å²) in [4.78, 5) is 37.0. The van der Waals surface area contributed by atoms with Gasteiger partial charge in [0.25, 0.3) is 11.8 Å². The smallest absolute Gasteiger partial charge is 0.307 e. The molecule has 2 aromatic rings. The van der Waals surface area contributed by atoms with Crippen LogP contribution in [0.1, 0.15) is 26.3 Å². The number of carbonyl (C=O) groups excluding carboxylic acids is 2. The third-order valence-electron chi connectivity index (χ3n) is 3.45. The summed E-state index contributed by atoms with van der Waals surface area (Å²) in [6.45, 7) is 0. The highest BCUT2D eigenvalue weighted by atomic mass is 79.9. The van der Waals surface area contributed by atoms with E-state index in [1.807, 2.05) is 0 Å². The first-order valence-electron chi connectivity index (χ1n) is 6.57. The summed E-state index contributed by atoms with van der Waals surface area (Å²) in [5.74, 6) is -1.77. The molecule has 1 heterocycles. The van der Waals surface area contributed by atoms with Gasteiger partial charge in [-0.15, -0.1) is 0 Å². The highest BCUT2D eigenvalue weighted by Gasteiger charge is 2.38. The van der Waals surface area contributed by atoms with Crippen LogP contribution in [0.25, 0.3) is 0 Å². The van der Waals surface area contributed by atoms with E-state index >= 15 is 0 Å². The lowest BCUT2D eigenvalue weighted by molar-refractivity contribution is -0.136. The molecule has 2 amide bonds. The number of amides is 2. The Kier molecular flexibility index (Phi) is 4.08. The van der Waals surface area contributed by atoms with Crippen molar-refractivity contribution >= 4 is 55.3 Å². The van der Waals surface area contributed by atoms with Crippen LogP contribution in [0.4, 0.5) is 5.69 Å². The highest BCUT2D eigenvalue weighted by molar-refractivity contribution is 9.11. The van der Waals surface area contributed by atoms with Crippen LogP contribution in [-0.4, -0.2) is 22.9 Å². The SMILES string of the molecule is O=C(O)Cc1cc(Br)c(N2C(=O)c3ccccc3C2=O)c(Br)c1. The van der Waals surface area contributed by atoms with Crippen molar-refractivity contribution in [2.45, 2.75) is 6.42 Å². The molecule has 0 aliphatic carbocycles. The molecule has 0 aromatic heterocycles. The topological polar surface area (TPSA) is 74.7 Å². The maximum absolute atomic E-state index is 12.5. The zero-order valence-electron chi connectivity index (χ0n) is 11.5. The van der Waals surface area contributed by atoms with E-state index < -0.39 is 17.8 Å². The normalized spacial score (nSPS) is 13.4. The van der Waals surface area contributed by atoms with Crippen molar-refractivity contribution in [3.05, 3.63) is 62.0 Å². The van der Waals surface area contributed by atoms with E-state index in [9.17, 15) is 14.4 Å². The van der Waals surface area contributed by atoms with Gasteiger partial charge in [-0.25, -0.2) is 4.90 Å². The molecule has 5 nitrogen and oxygen atoms in total. The fourth-order valence-corrected chi connectivity index (χ4v) is 4.14. The van der Waals surface area contributed by atoms with Crippen LogP contribution < -0.4 is 4.90 Å². The number of halogens is 2. The molecule has 0 saturated heterocycles. The van der Waals surface area contributed by atoms with Crippen molar-refractivity contribution in [1.29, 1.82) is 0 Å². The van der Waals surface area contributed by atoms with Gasteiger partial charge in [-0.2, -0.15) is 0 Å². The van der Waals surface area contributed by atoms with Crippen LogP contribution in [0, 0.1) is 0 Å². The number of carboxylic acid groups (broad SMARTS) is 1. The van der Waals surface area contributed by atoms with Gasteiger partial charge in [0.2, 0.25) is 0 Å². The first-order valence-corrected chi connectivity index (χ1v) is 8.16. The van der Waals surface area contributed by atoms with Crippen LogP contribution in [0.5, 0.6) is 0 Å². The van der Waals surface area contributed by atoms with Gasteiger partial charge < -0.3 is 5.11 Å². The average molecular weight is 439 g/mol. The van der Waals surface area contributed by atoms with Crippen molar-refractivity contribution in [3.63, 3.8) is 0 Å². The van der Waals surface area contributed by atoms with Gasteiger partial charge in [0.1, 0.15) is 0 Å². The summed E-state index contributed by atoms with van der Waals surface area (Å²) in [5.41, 5.74) is 1.62. The fourth-order valence-electron chi connectivity index (χ4n) is 2.50. The molecule has 0 bridgehead atoms. The number of carboxylic acids is 1.